The van der Waals surface area contributed by atoms with Crippen molar-refractivity contribution in [3.8, 4) is 17.9 Å². The van der Waals surface area contributed by atoms with Crippen molar-refractivity contribution >= 4 is 0 Å². The number of benzene rings is 2. The third kappa shape index (κ3) is 2.91. The first-order valence-electron chi connectivity index (χ1n) is 5.86. The van der Waals surface area contributed by atoms with Gasteiger partial charge in [0.2, 0.25) is 0 Å². The summed E-state index contributed by atoms with van der Waals surface area (Å²) in [4.78, 5) is 0. The lowest BCUT2D eigenvalue weighted by Crippen LogP contribution is -1.99. The Kier molecular flexibility index (Phi) is 3.81. The molecular weight excluding hydrogens is 236 g/mol. The number of aryl methyl sites for hydroxylation is 1. The largest absolute Gasteiger partial charge is 0.489 e. The van der Waals surface area contributed by atoms with E-state index in [2.05, 4.69) is 12.1 Å². The molecule has 19 heavy (non-hydrogen) atoms. The molecular formula is C16H12N2O. The Balaban J connectivity index is 2.20. The lowest BCUT2D eigenvalue weighted by molar-refractivity contribution is 0.303. The zero-order valence-electron chi connectivity index (χ0n) is 10.6. The molecule has 0 aromatic heterocycles. The molecule has 0 aliphatic heterocycles. The Hall–Kier alpha value is -2.78. The fourth-order valence-corrected chi connectivity index (χ4v) is 1.74. The zero-order valence-corrected chi connectivity index (χ0v) is 10.6. The molecule has 2 aromatic rings. The fourth-order valence-electron chi connectivity index (χ4n) is 1.74. The van der Waals surface area contributed by atoms with Crippen LogP contribution in [0.25, 0.3) is 0 Å². The average molecular weight is 248 g/mol. The summed E-state index contributed by atoms with van der Waals surface area (Å²) in [6.07, 6.45) is 0. The summed E-state index contributed by atoms with van der Waals surface area (Å²) in [6, 6.07) is 16.9. The molecule has 2 rings (SSSR count). The molecule has 0 spiro atoms. The molecule has 0 bridgehead atoms. The van der Waals surface area contributed by atoms with E-state index in [1.165, 1.54) is 0 Å². The van der Waals surface area contributed by atoms with Crippen LogP contribution in [0.4, 0.5) is 0 Å². The third-order valence-electron chi connectivity index (χ3n) is 2.84. The van der Waals surface area contributed by atoms with Gasteiger partial charge in [0, 0.05) is 5.56 Å². The van der Waals surface area contributed by atoms with Crippen molar-refractivity contribution in [1.82, 2.24) is 0 Å². The summed E-state index contributed by atoms with van der Waals surface area (Å²) < 4.78 is 5.71. The second-order valence-corrected chi connectivity index (χ2v) is 4.15. The van der Waals surface area contributed by atoms with Crippen LogP contribution in [0.3, 0.4) is 0 Å². The maximum Gasteiger partial charge on any atom is 0.124 e. The zero-order chi connectivity index (χ0) is 13.7. The van der Waals surface area contributed by atoms with E-state index in [-0.39, 0.29) is 0 Å². The van der Waals surface area contributed by atoms with Gasteiger partial charge in [-0.15, -0.1) is 0 Å². The predicted octanol–water partition coefficient (Wildman–Crippen LogP) is 3.32. The van der Waals surface area contributed by atoms with Gasteiger partial charge in [-0.1, -0.05) is 24.3 Å². The molecule has 3 nitrogen and oxygen atoms in total. The predicted molar refractivity (Wildman–Crippen MR) is 71.4 cm³/mol. The second kappa shape index (κ2) is 5.71. The van der Waals surface area contributed by atoms with Crippen LogP contribution >= 0.6 is 0 Å². The number of rotatable bonds is 3. The highest BCUT2D eigenvalue weighted by Crippen LogP contribution is 2.21. The maximum absolute atomic E-state index is 9.00. The SMILES string of the molecule is Cc1ccc(C#N)cc1OCc1ccccc1C#N. The molecule has 0 heterocycles. The number of nitriles is 2. The fraction of sp³-hybridized carbons (Fsp3) is 0.125. The Labute approximate surface area is 112 Å². The van der Waals surface area contributed by atoms with Gasteiger partial charge in [0.05, 0.1) is 23.3 Å². The smallest absolute Gasteiger partial charge is 0.124 e. The Morgan fingerprint density at radius 3 is 2.58 bits per heavy atom. The van der Waals surface area contributed by atoms with Crippen molar-refractivity contribution in [2.24, 2.45) is 0 Å². The first kappa shape index (κ1) is 12.7. The molecule has 0 radical (unpaired) electrons. The van der Waals surface area contributed by atoms with Crippen LogP contribution in [-0.4, -0.2) is 0 Å². The quantitative estimate of drug-likeness (QED) is 0.837. The Bertz CT molecular complexity index is 678. The molecule has 0 fully saturated rings. The highest BCUT2D eigenvalue weighted by Gasteiger charge is 2.05. The van der Waals surface area contributed by atoms with Gasteiger partial charge in [-0.2, -0.15) is 10.5 Å². The molecule has 0 saturated carbocycles. The van der Waals surface area contributed by atoms with E-state index in [9.17, 15) is 0 Å². The molecule has 3 heteroatoms. The summed E-state index contributed by atoms with van der Waals surface area (Å²) in [7, 11) is 0. The highest BCUT2D eigenvalue weighted by molar-refractivity contribution is 5.42. The van der Waals surface area contributed by atoms with Crippen molar-refractivity contribution in [3.05, 3.63) is 64.7 Å². The summed E-state index contributed by atoms with van der Waals surface area (Å²) in [5.74, 6) is 0.673. The summed E-state index contributed by atoms with van der Waals surface area (Å²) >= 11 is 0. The molecule has 0 unspecified atom stereocenters. The molecule has 0 atom stereocenters. The average Bonchev–Trinajstić information content (AvgIpc) is 2.46. The van der Waals surface area contributed by atoms with Gasteiger partial charge >= 0.3 is 0 Å². The maximum atomic E-state index is 9.00. The Morgan fingerprint density at radius 1 is 1.05 bits per heavy atom. The van der Waals surface area contributed by atoms with E-state index >= 15 is 0 Å². The van der Waals surface area contributed by atoms with Crippen molar-refractivity contribution in [1.29, 1.82) is 10.5 Å². The minimum Gasteiger partial charge on any atom is -0.489 e. The van der Waals surface area contributed by atoms with E-state index in [1.54, 1.807) is 18.2 Å². The van der Waals surface area contributed by atoms with Crippen molar-refractivity contribution in [2.75, 3.05) is 0 Å². The van der Waals surface area contributed by atoms with Gasteiger partial charge < -0.3 is 4.74 Å². The first-order chi connectivity index (χ1) is 9.24. The summed E-state index contributed by atoms with van der Waals surface area (Å²) in [6.45, 7) is 2.24. The van der Waals surface area contributed by atoms with E-state index in [0.717, 1.165) is 11.1 Å². The van der Waals surface area contributed by atoms with E-state index in [4.69, 9.17) is 15.3 Å². The first-order valence-corrected chi connectivity index (χ1v) is 5.86. The topological polar surface area (TPSA) is 56.8 Å². The normalized spacial score (nSPS) is 9.42. The molecule has 92 valence electrons. The van der Waals surface area contributed by atoms with Crippen LogP contribution in [0.5, 0.6) is 5.75 Å². The molecule has 0 amide bonds. The van der Waals surface area contributed by atoms with Gasteiger partial charge in [-0.05, 0) is 30.7 Å². The Morgan fingerprint density at radius 2 is 1.84 bits per heavy atom. The van der Waals surface area contributed by atoms with Crippen LogP contribution in [0.15, 0.2) is 42.5 Å². The standard InChI is InChI=1S/C16H12N2O/c1-12-6-7-13(9-17)8-16(12)19-11-15-5-3-2-4-14(15)10-18/h2-8H,11H2,1H3. The summed E-state index contributed by atoms with van der Waals surface area (Å²) in [5, 5.41) is 17.9. The molecule has 0 saturated heterocycles. The minimum absolute atomic E-state index is 0.319. The van der Waals surface area contributed by atoms with Gasteiger partial charge in [-0.3, -0.25) is 0 Å². The van der Waals surface area contributed by atoms with E-state index in [0.29, 0.717) is 23.5 Å². The number of hydrogen-bond donors (Lipinski definition) is 0. The second-order valence-electron chi connectivity index (χ2n) is 4.15. The minimum atomic E-state index is 0.319. The number of ether oxygens (including phenoxy) is 1. The summed E-state index contributed by atoms with van der Waals surface area (Å²) in [5.41, 5.74) is 2.98. The van der Waals surface area contributed by atoms with E-state index in [1.807, 2.05) is 31.2 Å². The van der Waals surface area contributed by atoms with Crippen LogP contribution < -0.4 is 4.74 Å². The van der Waals surface area contributed by atoms with Crippen LogP contribution in [-0.2, 0) is 6.61 Å². The van der Waals surface area contributed by atoms with Crippen molar-refractivity contribution in [2.45, 2.75) is 13.5 Å². The lowest BCUT2D eigenvalue weighted by atomic mass is 10.1. The van der Waals surface area contributed by atoms with Crippen LogP contribution in [0.1, 0.15) is 22.3 Å². The van der Waals surface area contributed by atoms with Crippen LogP contribution in [0.2, 0.25) is 0 Å². The van der Waals surface area contributed by atoms with Gasteiger partial charge in [0.25, 0.3) is 0 Å². The van der Waals surface area contributed by atoms with Gasteiger partial charge in [0.1, 0.15) is 12.4 Å². The van der Waals surface area contributed by atoms with Crippen molar-refractivity contribution in [3.63, 3.8) is 0 Å². The number of nitrogens with zero attached hydrogens (tertiary/aromatic N) is 2. The third-order valence-corrected chi connectivity index (χ3v) is 2.84. The number of hydrogen-bond acceptors (Lipinski definition) is 3. The highest BCUT2D eigenvalue weighted by atomic mass is 16.5. The molecule has 0 aliphatic rings. The van der Waals surface area contributed by atoms with Crippen molar-refractivity contribution < 1.29 is 4.74 Å². The molecule has 2 aromatic carbocycles. The molecule has 0 N–H and O–H groups in total. The molecule has 0 aliphatic carbocycles. The van der Waals surface area contributed by atoms with Gasteiger partial charge in [-0.25, -0.2) is 0 Å². The van der Waals surface area contributed by atoms with Gasteiger partial charge in [0.15, 0.2) is 0 Å². The van der Waals surface area contributed by atoms with E-state index < -0.39 is 0 Å². The lowest BCUT2D eigenvalue weighted by Gasteiger charge is -2.10. The monoisotopic (exact) mass is 248 g/mol. The van der Waals surface area contributed by atoms with Crippen LogP contribution in [0, 0.1) is 29.6 Å².